The van der Waals surface area contributed by atoms with Crippen molar-refractivity contribution in [3.05, 3.63) is 34.9 Å². The van der Waals surface area contributed by atoms with Crippen LogP contribution in [0.5, 0.6) is 0 Å². The molecule has 3 fully saturated rings. The summed E-state index contributed by atoms with van der Waals surface area (Å²) in [7, 11) is 0. The van der Waals surface area contributed by atoms with Crippen LogP contribution in [0.2, 0.25) is 0 Å². The van der Waals surface area contributed by atoms with Crippen LogP contribution in [0.15, 0.2) is 34.9 Å². The Bertz CT molecular complexity index is 743. The van der Waals surface area contributed by atoms with Crippen molar-refractivity contribution in [1.29, 1.82) is 0 Å². The van der Waals surface area contributed by atoms with Crippen LogP contribution in [0, 0.1) is 28.6 Å². The predicted molar refractivity (Wildman–Crippen MR) is 98.5 cm³/mol. The molecule has 3 saturated carbocycles. The lowest BCUT2D eigenvalue weighted by molar-refractivity contribution is -0.114. The van der Waals surface area contributed by atoms with Gasteiger partial charge in [-0.2, -0.15) is 0 Å². The largest absolute Gasteiger partial charge is 0.366 e. The highest BCUT2D eigenvalue weighted by atomic mass is 16.1. The smallest absolute Gasteiger partial charge is 0.244 e. The zero-order chi connectivity index (χ0) is 18.0. The maximum atomic E-state index is 11.8. The first kappa shape index (κ1) is 16.8. The van der Waals surface area contributed by atoms with Gasteiger partial charge in [-0.3, -0.25) is 9.59 Å². The topological polar surface area (TPSA) is 60.2 Å². The van der Waals surface area contributed by atoms with Gasteiger partial charge in [0.15, 0.2) is 5.78 Å². The number of fused-ring (bicyclic) bond motifs is 5. The first-order chi connectivity index (χ1) is 11.8. The van der Waals surface area contributed by atoms with Crippen molar-refractivity contribution < 1.29 is 9.59 Å². The highest BCUT2D eigenvalue weighted by molar-refractivity contribution is 6.01. The summed E-state index contributed by atoms with van der Waals surface area (Å²) in [6.45, 7) is 6.62. The molecule has 0 unspecified atom stereocenters. The average Bonchev–Trinajstić information content (AvgIpc) is 2.92. The highest BCUT2D eigenvalue weighted by Gasteiger charge is 2.57. The van der Waals surface area contributed by atoms with E-state index in [9.17, 15) is 9.59 Å². The van der Waals surface area contributed by atoms with E-state index in [-0.39, 0.29) is 22.5 Å². The van der Waals surface area contributed by atoms with E-state index in [2.05, 4.69) is 19.9 Å². The fraction of sp³-hybridized carbons (Fsp3) is 0.636. The number of nitrogens with two attached hydrogens (primary N) is 1. The van der Waals surface area contributed by atoms with Crippen LogP contribution in [0.4, 0.5) is 0 Å². The van der Waals surface area contributed by atoms with Gasteiger partial charge in [-0.05, 0) is 80.8 Å². The van der Waals surface area contributed by atoms with Gasteiger partial charge in [-0.15, -0.1) is 0 Å². The standard InChI is InChI=1S/C22H29NO2/c1-13(20(23)25)17-6-7-18-16-5-4-14-12-15(24)8-10-21(14,2)19(16)9-11-22(17,18)3/h8,10,12,16,18-19H,4-7,9,11H2,1-3H3,(H2,23,25)/t16-,18-,19-,21-,22+/m0/s1. The molecule has 2 N–H and O–H groups in total. The molecule has 0 aliphatic heterocycles. The Morgan fingerprint density at radius 2 is 1.92 bits per heavy atom. The van der Waals surface area contributed by atoms with Crippen molar-refractivity contribution in [3.63, 3.8) is 0 Å². The van der Waals surface area contributed by atoms with Crippen molar-refractivity contribution in [2.24, 2.45) is 34.3 Å². The first-order valence-electron chi connectivity index (χ1n) is 9.71. The molecular weight excluding hydrogens is 310 g/mol. The molecular formula is C22H29NO2. The molecule has 0 spiro atoms. The molecule has 0 saturated heterocycles. The second-order valence-corrected chi connectivity index (χ2v) is 9.07. The fourth-order valence-corrected chi connectivity index (χ4v) is 6.77. The zero-order valence-corrected chi connectivity index (χ0v) is 15.6. The number of rotatable bonds is 1. The van der Waals surface area contributed by atoms with Gasteiger partial charge in [-0.25, -0.2) is 0 Å². The third kappa shape index (κ3) is 2.24. The second-order valence-electron chi connectivity index (χ2n) is 9.07. The summed E-state index contributed by atoms with van der Waals surface area (Å²) in [6.07, 6.45) is 12.6. The fourth-order valence-electron chi connectivity index (χ4n) is 6.77. The van der Waals surface area contributed by atoms with Gasteiger partial charge in [0.05, 0.1) is 0 Å². The number of ketones is 1. The van der Waals surface area contributed by atoms with Crippen molar-refractivity contribution in [2.45, 2.75) is 59.3 Å². The lowest BCUT2D eigenvalue weighted by Gasteiger charge is -2.56. The molecule has 134 valence electrons. The van der Waals surface area contributed by atoms with Crippen molar-refractivity contribution in [3.8, 4) is 0 Å². The third-order valence-electron chi connectivity index (χ3n) is 8.16. The molecule has 1 amide bonds. The minimum absolute atomic E-state index is 0.0450. The quantitative estimate of drug-likeness (QED) is 0.731. The van der Waals surface area contributed by atoms with E-state index in [0.717, 1.165) is 24.8 Å². The Kier molecular flexibility index (Phi) is 3.65. The maximum absolute atomic E-state index is 11.8. The molecule has 5 atom stereocenters. The maximum Gasteiger partial charge on any atom is 0.244 e. The van der Waals surface area contributed by atoms with Crippen LogP contribution < -0.4 is 5.73 Å². The number of allylic oxidation sites excluding steroid dienone is 5. The van der Waals surface area contributed by atoms with Gasteiger partial charge < -0.3 is 5.73 Å². The molecule has 0 bridgehead atoms. The molecule has 25 heavy (non-hydrogen) atoms. The SMILES string of the molecule is CC(C(N)=O)=C1CC[C@H]2[C@@H]3CCC4=CC(=O)C=C[C@]4(C)[C@H]3CC[C@]12C. The summed E-state index contributed by atoms with van der Waals surface area (Å²) in [5.74, 6) is 1.82. The summed E-state index contributed by atoms with van der Waals surface area (Å²) in [4.78, 5) is 23.6. The predicted octanol–water partition coefficient (Wildman–Crippen LogP) is 4.10. The summed E-state index contributed by atoms with van der Waals surface area (Å²) in [5.41, 5.74) is 9.24. The minimum atomic E-state index is -0.256. The van der Waals surface area contributed by atoms with Gasteiger partial charge in [0.1, 0.15) is 0 Å². The van der Waals surface area contributed by atoms with Gasteiger partial charge in [0, 0.05) is 11.0 Å². The van der Waals surface area contributed by atoms with Crippen LogP contribution in [0.3, 0.4) is 0 Å². The summed E-state index contributed by atoms with van der Waals surface area (Å²) in [5, 5.41) is 0. The van der Waals surface area contributed by atoms with Gasteiger partial charge in [0.25, 0.3) is 0 Å². The lowest BCUT2D eigenvalue weighted by Crippen LogP contribution is -2.48. The van der Waals surface area contributed by atoms with Gasteiger partial charge in [0.2, 0.25) is 5.91 Å². The Morgan fingerprint density at radius 3 is 2.64 bits per heavy atom. The summed E-state index contributed by atoms with van der Waals surface area (Å²) < 4.78 is 0. The second kappa shape index (κ2) is 5.43. The van der Waals surface area contributed by atoms with Crippen LogP contribution in [0.1, 0.15) is 59.3 Å². The number of primary amides is 1. The van der Waals surface area contributed by atoms with Crippen molar-refractivity contribution in [1.82, 2.24) is 0 Å². The number of hydrogen-bond donors (Lipinski definition) is 1. The zero-order valence-electron chi connectivity index (χ0n) is 15.6. The van der Waals surface area contributed by atoms with Gasteiger partial charge in [-0.1, -0.05) is 31.1 Å². The van der Waals surface area contributed by atoms with E-state index in [0.29, 0.717) is 17.8 Å². The molecule has 0 aromatic carbocycles. The lowest BCUT2D eigenvalue weighted by atomic mass is 9.48. The molecule has 3 heteroatoms. The van der Waals surface area contributed by atoms with Gasteiger partial charge >= 0.3 is 0 Å². The summed E-state index contributed by atoms with van der Waals surface area (Å²) in [6, 6.07) is 0. The molecule has 0 aromatic heterocycles. The van der Waals surface area contributed by atoms with E-state index < -0.39 is 0 Å². The van der Waals surface area contributed by atoms with Crippen LogP contribution >= 0.6 is 0 Å². The summed E-state index contributed by atoms with van der Waals surface area (Å²) >= 11 is 0. The number of carbonyl (C=O) groups excluding carboxylic acids is 2. The van der Waals surface area contributed by atoms with E-state index >= 15 is 0 Å². The Morgan fingerprint density at radius 1 is 1.16 bits per heavy atom. The van der Waals surface area contributed by atoms with E-state index in [1.807, 2.05) is 13.0 Å². The molecule has 3 nitrogen and oxygen atoms in total. The number of carbonyl (C=O) groups is 2. The van der Waals surface area contributed by atoms with Crippen molar-refractivity contribution >= 4 is 11.7 Å². The van der Waals surface area contributed by atoms with Crippen LogP contribution in [-0.2, 0) is 9.59 Å². The molecule has 4 aliphatic rings. The van der Waals surface area contributed by atoms with Crippen molar-refractivity contribution in [2.75, 3.05) is 0 Å². The average molecular weight is 339 g/mol. The van der Waals surface area contributed by atoms with E-state index in [1.54, 1.807) is 6.08 Å². The molecule has 4 rings (SSSR count). The highest BCUT2D eigenvalue weighted by Crippen LogP contribution is 2.66. The van der Waals surface area contributed by atoms with E-state index in [1.165, 1.54) is 30.4 Å². The first-order valence-corrected chi connectivity index (χ1v) is 9.71. The van der Waals surface area contributed by atoms with Crippen LogP contribution in [-0.4, -0.2) is 11.7 Å². The Labute approximate surface area is 150 Å². The normalized spacial score (nSPS) is 44.5. The Hall–Kier alpha value is -1.64. The molecule has 0 aromatic rings. The molecule has 0 heterocycles. The minimum Gasteiger partial charge on any atom is -0.366 e. The molecule has 4 aliphatic carbocycles. The number of hydrogen-bond acceptors (Lipinski definition) is 2. The Balaban J connectivity index is 1.71. The van der Waals surface area contributed by atoms with E-state index in [4.69, 9.17) is 5.73 Å². The van der Waals surface area contributed by atoms with Crippen LogP contribution in [0.25, 0.3) is 0 Å². The third-order valence-corrected chi connectivity index (χ3v) is 8.16. The number of amides is 1. The monoisotopic (exact) mass is 339 g/mol. The molecule has 0 radical (unpaired) electrons.